The van der Waals surface area contributed by atoms with E-state index in [0.29, 0.717) is 6.07 Å². The summed E-state index contributed by atoms with van der Waals surface area (Å²) in [5.41, 5.74) is -1.99. The van der Waals surface area contributed by atoms with Crippen molar-refractivity contribution in [2.75, 3.05) is 18.5 Å². The van der Waals surface area contributed by atoms with Crippen molar-refractivity contribution < 1.29 is 26.3 Å². The molecule has 0 aliphatic carbocycles. The summed E-state index contributed by atoms with van der Waals surface area (Å²) in [5.74, 6) is 0. The van der Waals surface area contributed by atoms with Gasteiger partial charge in [0.2, 0.25) is 0 Å². The average molecular weight is 282 g/mol. The number of hydrogen-bond donors (Lipinski definition) is 0. The zero-order valence-electron chi connectivity index (χ0n) is 9.60. The fourth-order valence-corrected chi connectivity index (χ4v) is 1.47. The van der Waals surface area contributed by atoms with E-state index in [1.54, 1.807) is 0 Å². The molecule has 1 rings (SSSR count). The maximum atomic E-state index is 12.5. The van der Waals surface area contributed by atoms with Gasteiger partial charge in [-0.1, -0.05) is 0 Å². The Balaban J connectivity index is 3.12. The van der Waals surface area contributed by atoms with E-state index in [9.17, 15) is 26.3 Å². The van der Waals surface area contributed by atoms with Crippen molar-refractivity contribution in [1.82, 2.24) is 0 Å². The van der Waals surface area contributed by atoms with Crippen molar-refractivity contribution in [2.24, 2.45) is 0 Å². The molecule has 0 aliphatic rings. The van der Waals surface area contributed by atoms with Gasteiger partial charge in [0, 0.05) is 12.7 Å². The summed E-state index contributed by atoms with van der Waals surface area (Å²) in [4.78, 5) is 0.723. The van der Waals surface area contributed by atoms with Crippen LogP contribution in [0.25, 0.3) is 0 Å². The van der Waals surface area contributed by atoms with Crippen LogP contribution < -0.4 is 4.90 Å². The Labute approximate surface area is 104 Å². The van der Waals surface area contributed by atoms with Crippen LogP contribution in [0.3, 0.4) is 0 Å². The highest BCUT2D eigenvalue weighted by atomic mass is 19.4. The number of nitriles is 1. The van der Waals surface area contributed by atoms with Gasteiger partial charge in [0.15, 0.2) is 0 Å². The first-order chi connectivity index (χ1) is 8.54. The number of nitrogens with zero attached hydrogens (tertiary/aromatic N) is 2. The molecule has 0 spiro atoms. The lowest BCUT2D eigenvalue weighted by atomic mass is 10.1. The monoisotopic (exact) mass is 282 g/mol. The van der Waals surface area contributed by atoms with Gasteiger partial charge in [0.25, 0.3) is 0 Å². The predicted molar refractivity (Wildman–Crippen MR) is 55.5 cm³/mol. The number of benzene rings is 1. The zero-order chi connectivity index (χ0) is 14.8. The van der Waals surface area contributed by atoms with Gasteiger partial charge in [-0.3, -0.25) is 0 Å². The first-order valence-electron chi connectivity index (χ1n) is 4.94. The van der Waals surface area contributed by atoms with Crippen molar-refractivity contribution in [1.29, 1.82) is 5.26 Å². The van der Waals surface area contributed by atoms with Gasteiger partial charge < -0.3 is 4.90 Å². The van der Waals surface area contributed by atoms with Gasteiger partial charge in [0.1, 0.15) is 6.54 Å². The fourth-order valence-electron chi connectivity index (χ4n) is 1.47. The molecule has 1 aromatic carbocycles. The Morgan fingerprint density at radius 2 is 1.74 bits per heavy atom. The van der Waals surface area contributed by atoms with Crippen LogP contribution in [0.2, 0.25) is 0 Å². The van der Waals surface area contributed by atoms with E-state index in [2.05, 4.69) is 0 Å². The van der Waals surface area contributed by atoms with Gasteiger partial charge in [-0.2, -0.15) is 31.6 Å². The minimum absolute atomic E-state index is 0.109. The summed E-state index contributed by atoms with van der Waals surface area (Å²) in [5, 5.41) is 8.63. The third kappa shape index (κ3) is 4.05. The molecule has 0 aliphatic heterocycles. The lowest BCUT2D eigenvalue weighted by Crippen LogP contribution is -2.30. The van der Waals surface area contributed by atoms with Crippen molar-refractivity contribution >= 4 is 5.69 Å². The second-order valence-electron chi connectivity index (χ2n) is 3.81. The molecule has 0 N–H and O–H groups in total. The highest BCUT2D eigenvalue weighted by molar-refractivity contribution is 5.55. The lowest BCUT2D eigenvalue weighted by molar-refractivity contribution is -0.137. The third-order valence-corrected chi connectivity index (χ3v) is 2.29. The summed E-state index contributed by atoms with van der Waals surface area (Å²) >= 11 is 0. The van der Waals surface area contributed by atoms with Gasteiger partial charge in [-0.05, 0) is 18.2 Å². The van der Waals surface area contributed by atoms with Crippen molar-refractivity contribution in [3.8, 4) is 6.07 Å². The molecule has 19 heavy (non-hydrogen) atoms. The normalized spacial score (nSPS) is 12.1. The SMILES string of the molecule is CN(CC(F)(F)F)c1ccc(C(F)(F)F)c(C#N)c1. The van der Waals surface area contributed by atoms with Gasteiger partial charge >= 0.3 is 12.4 Å². The van der Waals surface area contributed by atoms with Crippen LogP contribution in [-0.2, 0) is 6.18 Å². The Morgan fingerprint density at radius 3 is 2.16 bits per heavy atom. The van der Waals surface area contributed by atoms with Gasteiger partial charge in [0.05, 0.1) is 17.2 Å². The molecule has 8 heteroatoms. The quantitative estimate of drug-likeness (QED) is 0.775. The van der Waals surface area contributed by atoms with Crippen molar-refractivity contribution in [2.45, 2.75) is 12.4 Å². The second kappa shape index (κ2) is 4.99. The molecule has 0 heterocycles. The van der Waals surface area contributed by atoms with Crippen LogP contribution in [0.1, 0.15) is 11.1 Å². The minimum Gasteiger partial charge on any atom is -0.366 e. The summed E-state index contributed by atoms with van der Waals surface area (Å²) in [6.45, 7) is -1.32. The molecule has 0 saturated heterocycles. The number of anilines is 1. The maximum absolute atomic E-state index is 12.5. The Morgan fingerprint density at radius 1 is 1.16 bits per heavy atom. The van der Waals surface area contributed by atoms with E-state index in [1.807, 2.05) is 0 Å². The molecule has 2 nitrogen and oxygen atoms in total. The third-order valence-electron chi connectivity index (χ3n) is 2.29. The molecule has 0 fully saturated rings. The topological polar surface area (TPSA) is 27.0 Å². The van der Waals surface area contributed by atoms with E-state index in [-0.39, 0.29) is 5.69 Å². The molecule has 0 saturated carbocycles. The largest absolute Gasteiger partial charge is 0.417 e. The first kappa shape index (κ1) is 15.1. The van der Waals surface area contributed by atoms with E-state index in [4.69, 9.17) is 5.26 Å². The van der Waals surface area contributed by atoms with Crippen molar-refractivity contribution in [3.63, 3.8) is 0 Å². The summed E-state index contributed by atoms with van der Waals surface area (Å²) < 4.78 is 74.0. The lowest BCUT2D eigenvalue weighted by Gasteiger charge is -2.21. The molecule has 0 amide bonds. The molecule has 0 atom stereocenters. The standard InChI is InChI=1S/C11H8F6N2/c1-19(6-10(12,13)14)8-2-3-9(11(15,16)17)7(4-8)5-18/h2-4H,6H2,1H3. The summed E-state index contributed by atoms with van der Waals surface area (Å²) in [6.07, 6.45) is -9.20. The number of hydrogen-bond acceptors (Lipinski definition) is 2. The fraction of sp³-hybridized carbons (Fsp3) is 0.364. The Hall–Kier alpha value is -1.91. The van der Waals surface area contributed by atoms with Crippen LogP contribution in [0.15, 0.2) is 18.2 Å². The smallest absolute Gasteiger partial charge is 0.366 e. The number of rotatable bonds is 2. The Bertz CT molecular complexity index is 497. The predicted octanol–water partition coefficient (Wildman–Crippen LogP) is 3.58. The minimum atomic E-state index is -4.72. The van der Waals surface area contributed by atoms with E-state index < -0.39 is 30.0 Å². The van der Waals surface area contributed by atoms with E-state index in [0.717, 1.165) is 24.1 Å². The highest BCUT2D eigenvalue weighted by Gasteiger charge is 2.34. The van der Waals surface area contributed by atoms with Crippen LogP contribution in [0, 0.1) is 11.3 Å². The molecule has 0 unspecified atom stereocenters. The molecule has 104 valence electrons. The highest BCUT2D eigenvalue weighted by Crippen LogP contribution is 2.33. The van der Waals surface area contributed by atoms with Crippen LogP contribution in [0.5, 0.6) is 0 Å². The average Bonchev–Trinajstić information content (AvgIpc) is 2.24. The molecule has 0 bridgehead atoms. The first-order valence-corrected chi connectivity index (χ1v) is 4.94. The van der Waals surface area contributed by atoms with Gasteiger partial charge in [-0.25, -0.2) is 0 Å². The Kier molecular flexibility index (Phi) is 3.98. The van der Waals surface area contributed by atoms with Crippen LogP contribution in [0.4, 0.5) is 32.0 Å². The number of alkyl halides is 6. The van der Waals surface area contributed by atoms with Crippen molar-refractivity contribution in [3.05, 3.63) is 29.3 Å². The molecule has 0 radical (unpaired) electrons. The van der Waals surface area contributed by atoms with Crippen LogP contribution in [-0.4, -0.2) is 19.8 Å². The molecular formula is C11H8F6N2. The van der Waals surface area contributed by atoms with E-state index >= 15 is 0 Å². The van der Waals surface area contributed by atoms with Gasteiger partial charge in [-0.15, -0.1) is 0 Å². The molecule has 0 aromatic heterocycles. The molecular weight excluding hydrogens is 274 g/mol. The molecule has 1 aromatic rings. The summed E-state index contributed by atoms with van der Waals surface area (Å²) in [6, 6.07) is 3.61. The van der Waals surface area contributed by atoms with E-state index in [1.165, 1.54) is 6.07 Å². The zero-order valence-corrected chi connectivity index (χ0v) is 9.60. The number of halogens is 6. The summed E-state index contributed by atoms with van der Waals surface area (Å²) in [7, 11) is 1.08. The maximum Gasteiger partial charge on any atom is 0.417 e. The second-order valence-corrected chi connectivity index (χ2v) is 3.81. The van der Waals surface area contributed by atoms with Crippen LogP contribution >= 0.6 is 0 Å².